The Bertz CT molecular complexity index is 679. The number of ether oxygens (including phenoxy) is 2. The molecule has 0 aromatic heterocycles. The molecule has 0 bridgehead atoms. The van der Waals surface area contributed by atoms with E-state index in [9.17, 15) is 9.90 Å². The van der Waals surface area contributed by atoms with Crippen molar-refractivity contribution < 1.29 is 19.4 Å². The summed E-state index contributed by atoms with van der Waals surface area (Å²) in [6.07, 6.45) is -0.711. The molecule has 0 heterocycles. The van der Waals surface area contributed by atoms with Crippen LogP contribution < -0.4 is 9.47 Å². The smallest absolute Gasteiger partial charge is 0.345 e. The summed E-state index contributed by atoms with van der Waals surface area (Å²) in [7, 11) is 0. The van der Waals surface area contributed by atoms with Crippen molar-refractivity contribution in [1.29, 1.82) is 0 Å². The maximum Gasteiger partial charge on any atom is 0.345 e. The zero-order valence-electron chi connectivity index (χ0n) is 13.7. The van der Waals surface area contributed by atoms with Gasteiger partial charge in [-0.15, -0.1) is 0 Å². The largest absolute Gasteiger partial charge is 0.494 e. The van der Waals surface area contributed by atoms with E-state index in [2.05, 4.69) is 0 Å². The first-order valence-corrected chi connectivity index (χ1v) is 7.68. The number of aryl methyl sites for hydroxylation is 2. The highest BCUT2D eigenvalue weighted by molar-refractivity contribution is 5.73. The summed E-state index contributed by atoms with van der Waals surface area (Å²) in [4.78, 5) is 11.6. The molecular weight excluding hydrogens is 292 g/mol. The molecule has 0 aliphatic rings. The average Bonchev–Trinajstić information content (AvgIpc) is 2.52. The number of carbonyl (C=O) groups is 1. The van der Waals surface area contributed by atoms with Crippen LogP contribution in [0, 0.1) is 13.8 Å². The highest BCUT2D eigenvalue weighted by Crippen LogP contribution is 2.23. The van der Waals surface area contributed by atoms with Crippen LogP contribution in [0.5, 0.6) is 11.5 Å². The van der Waals surface area contributed by atoms with Gasteiger partial charge in [-0.05, 0) is 55.7 Å². The Labute approximate surface area is 136 Å². The number of carboxylic acid groups (broad SMARTS) is 1. The monoisotopic (exact) mass is 314 g/mol. The fraction of sp³-hybridized carbons (Fsp3) is 0.316. The van der Waals surface area contributed by atoms with Gasteiger partial charge in [0.15, 0.2) is 6.10 Å². The molecule has 122 valence electrons. The Morgan fingerprint density at radius 2 is 1.87 bits per heavy atom. The van der Waals surface area contributed by atoms with Crippen LogP contribution in [0.3, 0.4) is 0 Å². The molecule has 0 spiro atoms. The molecule has 0 saturated heterocycles. The van der Waals surface area contributed by atoms with Crippen LogP contribution in [-0.4, -0.2) is 23.8 Å². The molecule has 0 aliphatic heterocycles. The Morgan fingerprint density at radius 1 is 1.13 bits per heavy atom. The fourth-order valence-corrected chi connectivity index (χ4v) is 2.30. The first kappa shape index (κ1) is 16.9. The van der Waals surface area contributed by atoms with Crippen LogP contribution in [0.2, 0.25) is 0 Å². The summed E-state index contributed by atoms with van der Waals surface area (Å²) in [5.74, 6) is 0.272. The van der Waals surface area contributed by atoms with E-state index >= 15 is 0 Å². The van der Waals surface area contributed by atoms with E-state index in [1.165, 1.54) is 0 Å². The van der Waals surface area contributed by atoms with Crippen LogP contribution in [0.15, 0.2) is 42.5 Å². The minimum Gasteiger partial charge on any atom is -0.494 e. The lowest BCUT2D eigenvalue weighted by Crippen LogP contribution is -2.29. The number of aliphatic carboxylic acids is 1. The van der Waals surface area contributed by atoms with Crippen molar-refractivity contribution in [2.24, 2.45) is 0 Å². The van der Waals surface area contributed by atoms with Crippen LogP contribution in [0.4, 0.5) is 0 Å². The third-order valence-corrected chi connectivity index (χ3v) is 3.71. The quantitative estimate of drug-likeness (QED) is 0.845. The second-order valence-corrected chi connectivity index (χ2v) is 5.44. The molecule has 1 N–H and O–H groups in total. The molecule has 2 rings (SSSR count). The van der Waals surface area contributed by atoms with Crippen molar-refractivity contribution in [2.45, 2.75) is 33.3 Å². The van der Waals surface area contributed by atoms with Crippen molar-refractivity contribution in [1.82, 2.24) is 0 Å². The number of rotatable bonds is 7. The maximum absolute atomic E-state index is 11.6. The Hall–Kier alpha value is -2.49. The van der Waals surface area contributed by atoms with Crippen molar-refractivity contribution in [2.75, 3.05) is 6.61 Å². The predicted molar refractivity (Wildman–Crippen MR) is 89.3 cm³/mol. The first-order valence-electron chi connectivity index (χ1n) is 7.68. The van der Waals surface area contributed by atoms with Crippen molar-refractivity contribution in [3.63, 3.8) is 0 Å². The van der Waals surface area contributed by atoms with Gasteiger partial charge in [-0.1, -0.05) is 24.3 Å². The third kappa shape index (κ3) is 4.49. The number of para-hydroxylation sites is 1. The van der Waals surface area contributed by atoms with Gasteiger partial charge >= 0.3 is 5.97 Å². The van der Waals surface area contributed by atoms with Gasteiger partial charge in [-0.25, -0.2) is 4.79 Å². The SMILES string of the molecule is CCOc1ccccc1C[C@@H](Oc1ccc(C)c(C)c1)C(=O)O. The van der Waals surface area contributed by atoms with Gasteiger partial charge in [0.2, 0.25) is 0 Å². The molecule has 0 unspecified atom stereocenters. The van der Waals surface area contributed by atoms with Crippen LogP contribution >= 0.6 is 0 Å². The van der Waals surface area contributed by atoms with Gasteiger partial charge in [-0.3, -0.25) is 0 Å². The minimum atomic E-state index is -0.991. The molecule has 0 radical (unpaired) electrons. The normalized spacial score (nSPS) is 11.8. The summed E-state index contributed by atoms with van der Waals surface area (Å²) in [5.41, 5.74) is 3.04. The van der Waals surface area contributed by atoms with Gasteiger partial charge < -0.3 is 14.6 Å². The molecule has 0 fully saturated rings. The van der Waals surface area contributed by atoms with Gasteiger partial charge in [0, 0.05) is 6.42 Å². The molecule has 2 aromatic carbocycles. The van der Waals surface area contributed by atoms with Gasteiger partial charge in [0.25, 0.3) is 0 Å². The molecule has 4 heteroatoms. The highest BCUT2D eigenvalue weighted by Gasteiger charge is 2.22. The predicted octanol–water partition coefficient (Wildman–Crippen LogP) is 3.78. The van der Waals surface area contributed by atoms with Crippen molar-refractivity contribution >= 4 is 5.97 Å². The van der Waals surface area contributed by atoms with Gasteiger partial charge in [0.1, 0.15) is 11.5 Å². The lowest BCUT2D eigenvalue weighted by Gasteiger charge is -2.18. The molecular formula is C19H22O4. The summed E-state index contributed by atoms with van der Waals surface area (Å²) in [5, 5.41) is 9.47. The van der Waals surface area contributed by atoms with Crippen LogP contribution in [-0.2, 0) is 11.2 Å². The van der Waals surface area contributed by atoms with E-state index in [0.717, 1.165) is 16.7 Å². The number of carboxylic acids is 1. The lowest BCUT2D eigenvalue weighted by molar-refractivity contribution is -0.145. The van der Waals surface area contributed by atoms with Gasteiger partial charge in [-0.2, -0.15) is 0 Å². The molecule has 23 heavy (non-hydrogen) atoms. The third-order valence-electron chi connectivity index (χ3n) is 3.71. The Kier molecular flexibility index (Phi) is 5.63. The van der Waals surface area contributed by atoms with Gasteiger partial charge in [0.05, 0.1) is 6.61 Å². The van der Waals surface area contributed by atoms with Crippen molar-refractivity contribution in [3.8, 4) is 11.5 Å². The first-order chi connectivity index (χ1) is 11.0. The standard InChI is InChI=1S/C19H22O4/c1-4-22-17-8-6-5-7-15(17)12-18(19(20)21)23-16-10-9-13(2)14(3)11-16/h5-11,18H,4,12H2,1-3H3,(H,20,21)/t18-/m1/s1. The second-order valence-electron chi connectivity index (χ2n) is 5.44. The topological polar surface area (TPSA) is 55.8 Å². The molecule has 0 aliphatic carbocycles. The zero-order valence-corrected chi connectivity index (χ0v) is 13.7. The summed E-state index contributed by atoms with van der Waals surface area (Å²) in [6.45, 7) is 6.41. The zero-order chi connectivity index (χ0) is 16.8. The van der Waals surface area contributed by atoms with E-state index in [-0.39, 0.29) is 6.42 Å². The van der Waals surface area contributed by atoms with E-state index in [1.54, 1.807) is 6.07 Å². The number of benzene rings is 2. The fourth-order valence-electron chi connectivity index (χ4n) is 2.30. The van der Waals surface area contributed by atoms with E-state index in [1.807, 2.05) is 57.2 Å². The van der Waals surface area contributed by atoms with E-state index < -0.39 is 12.1 Å². The van der Waals surface area contributed by atoms with E-state index in [0.29, 0.717) is 18.1 Å². The Morgan fingerprint density at radius 3 is 2.52 bits per heavy atom. The minimum absolute atomic E-state index is 0.248. The average molecular weight is 314 g/mol. The second kappa shape index (κ2) is 7.68. The molecule has 0 amide bonds. The highest BCUT2D eigenvalue weighted by atomic mass is 16.5. The Balaban J connectivity index is 2.19. The molecule has 0 saturated carbocycles. The summed E-state index contributed by atoms with van der Waals surface area (Å²) in [6, 6.07) is 13.0. The van der Waals surface area contributed by atoms with Crippen molar-refractivity contribution in [3.05, 3.63) is 59.2 Å². The maximum atomic E-state index is 11.6. The molecule has 4 nitrogen and oxygen atoms in total. The summed E-state index contributed by atoms with van der Waals surface area (Å²) >= 11 is 0. The van der Waals surface area contributed by atoms with E-state index in [4.69, 9.17) is 9.47 Å². The number of hydrogen-bond acceptors (Lipinski definition) is 3. The molecule has 2 aromatic rings. The lowest BCUT2D eigenvalue weighted by atomic mass is 10.1. The number of hydrogen-bond donors (Lipinski definition) is 1. The van der Waals surface area contributed by atoms with Crippen LogP contribution in [0.1, 0.15) is 23.6 Å². The summed E-state index contributed by atoms with van der Waals surface area (Å²) < 4.78 is 11.2. The van der Waals surface area contributed by atoms with Crippen LogP contribution in [0.25, 0.3) is 0 Å². The molecule has 1 atom stereocenters.